The van der Waals surface area contributed by atoms with Gasteiger partial charge in [0, 0.05) is 18.3 Å². The maximum atomic E-state index is 12.6. The van der Waals surface area contributed by atoms with E-state index >= 15 is 0 Å². The monoisotopic (exact) mass is 331 g/mol. The fourth-order valence-corrected chi connectivity index (χ4v) is 2.44. The normalized spacial score (nSPS) is 15.4. The van der Waals surface area contributed by atoms with Crippen LogP contribution in [-0.2, 0) is 17.5 Å². The number of amides is 3. The van der Waals surface area contributed by atoms with E-state index in [1.807, 2.05) is 5.32 Å². The van der Waals surface area contributed by atoms with E-state index in [1.54, 1.807) is 0 Å². The summed E-state index contributed by atoms with van der Waals surface area (Å²) >= 11 is 0. The van der Waals surface area contributed by atoms with Crippen LogP contribution in [0.2, 0.25) is 0 Å². The third-order valence-corrected chi connectivity index (χ3v) is 3.57. The fraction of sp³-hybridized carbons (Fsp3) is 0.500. The highest BCUT2D eigenvalue weighted by Crippen LogP contribution is 2.27. The molecular weight excluding hydrogens is 315 g/mol. The number of imide groups is 1. The average molecular weight is 331 g/mol. The Morgan fingerprint density at radius 2 is 1.87 bits per heavy atom. The van der Waals surface area contributed by atoms with Crippen molar-refractivity contribution in [2.75, 3.05) is 0 Å². The second-order valence-electron chi connectivity index (χ2n) is 5.38. The van der Waals surface area contributed by atoms with Gasteiger partial charge in [0.15, 0.2) is 0 Å². The van der Waals surface area contributed by atoms with E-state index in [-0.39, 0.29) is 6.04 Å². The largest absolute Gasteiger partial charge is 0.417 e. The fourth-order valence-electron chi connectivity index (χ4n) is 2.44. The van der Waals surface area contributed by atoms with Crippen LogP contribution in [0.1, 0.15) is 31.2 Å². The molecule has 0 radical (unpaired) electrons. The van der Waals surface area contributed by atoms with Crippen molar-refractivity contribution in [3.8, 4) is 0 Å². The Bertz CT molecular complexity index is 649. The molecule has 2 rings (SSSR count). The zero-order valence-electron chi connectivity index (χ0n) is 12.2. The van der Waals surface area contributed by atoms with E-state index in [1.165, 1.54) is 0 Å². The van der Waals surface area contributed by atoms with Gasteiger partial charge in [0.05, 0.1) is 5.56 Å². The Hall–Kier alpha value is -2.32. The summed E-state index contributed by atoms with van der Waals surface area (Å²) in [5, 5.41) is 4.62. The highest BCUT2D eigenvalue weighted by atomic mass is 19.4. The minimum Gasteiger partial charge on any atom is -0.335 e. The van der Waals surface area contributed by atoms with Crippen LogP contribution in [0.4, 0.5) is 18.0 Å². The SMILES string of the molecule is O=C(Cn1cc(C(F)(F)F)ccc1=O)NC(=O)NC1CCCC1. The standard InChI is InChI=1S/C14H16F3N3O3/c15-14(16,17)9-5-6-12(22)20(7-9)8-11(21)19-13(23)18-10-3-1-2-4-10/h5-7,10H,1-4,8H2,(H2,18,19,21,23). The first-order chi connectivity index (χ1) is 10.8. The van der Waals surface area contributed by atoms with Crippen LogP contribution in [0, 0.1) is 0 Å². The predicted octanol–water partition coefficient (Wildman–Crippen LogP) is 1.64. The molecule has 0 spiro atoms. The Balaban J connectivity index is 1.96. The minimum absolute atomic E-state index is 0.000852. The summed E-state index contributed by atoms with van der Waals surface area (Å²) in [6.45, 7) is -0.666. The molecule has 3 amide bonds. The number of nitrogens with one attached hydrogen (secondary N) is 2. The molecule has 1 heterocycles. The smallest absolute Gasteiger partial charge is 0.335 e. The van der Waals surface area contributed by atoms with Gasteiger partial charge in [-0.3, -0.25) is 14.9 Å². The Labute approximate surface area is 129 Å². The summed E-state index contributed by atoms with van der Waals surface area (Å²) < 4.78 is 38.4. The van der Waals surface area contributed by atoms with Gasteiger partial charge in [-0.2, -0.15) is 13.2 Å². The van der Waals surface area contributed by atoms with E-state index in [0.29, 0.717) is 16.8 Å². The molecule has 0 unspecified atom stereocenters. The van der Waals surface area contributed by atoms with Crippen LogP contribution in [0.25, 0.3) is 0 Å². The van der Waals surface area contributed by atoms with Gasteiger partial charge in [-0.05, 0) is 18.9 Å². The number of halogens is 3. The van der Waals surface area contributed by atoms with Crippen molar-refractivity contribution in [3.05, 3.63) is 34.2 Å². The van der Waals surface area contributed by atoms with Crippen molar-refractivity contribution in [1.82, 2.24) is 15.2 Å². The van der Waals surface area contributed by atoms with Gasteiger partial charge in [0.2, 0.25) is 5.91 Å². The third-order valence-electron chi connectivity index (χ3n) is 3.57. The lowest BCUT2D eigenvalue weighted by Crippen LogP contribution is -2.45. The van der Waals surface area contributed by atoms with Gasteiger partial charge in [-0.15, -0.1) is 0 Å². The summed E-state index contributed by atoms with van der Waals surface area (Å²) in [4.78, 5) is 34.8. The van der Waals surface area contributed by atoms with Gasteiger partial charge in [-0.1, -0.05) is 12.8 Å². The van der Waals surface area contributed by atoms with Crippen molar-refractivity contribution >= 4 is 11.9 Å². The first-order valence-electron chi connectivity index (χ1n) is 7.14. The predicted molar refractivity (Wildman–Crippen MR) is 74.6 cm³/mol. The van der Waals surface area contributed by atoms with E-state index in [9.17, 15) is 27.6 Å². The lowest BCUT2D eigenvalue weighted by Gasteiger charge is -2.13. The maximum absolute atomic E-state index is 12.6. The van der Waals surface area contributed by atoms with Gasteiger partial charge in [0.25, 0.3) is 5.56 Å². The Kier molecular flexibility index (Phi) is 5.07. The number of urea groups is 1. The van der Waals surface area contributed by atoms with Gasteiger partial charge >= 0.3 is 12.2 Å². The molecule has 1 aliphatic carbocycles. The molecule has 23 heavy (non-hydrogen) atoms. The average Bonchev–Trinajstić information content (AvgIpc) is 2.92. The second kappa shape index (κ2) is 6.84. The molecule has 1 fully saturated rings. The summed E-state index contributed by atoms with van der Waals surface area (Å²) in [6, 6.07) is 0.666. The van der Waals surface area contributed by atoms with Crippen molar-refractivity contribution in [3.63, 3.8) is 0 Å². The second-order valence-corrected chi connectivity index (χ2v) is 5.38. The number of rotatable bonds is 3. The number of alkyl halides is 3. The molecule has 0 saturated heterocycles. The minimum atomic E-state index is -4.62. The number of hydrogen-bond acceptors (Lipinski definition) is 3. The van der Waals surface area contributed by atoms with Gasteiger partial charge in [0.1, 0.15) is 6.54 Å². The third kappa shape index (κ3) is 4.83. The molecule has 0 bridgehead atoms. The molecule has 126 valence electrons. The highest BCUT2D eigenvalue weighted by molar-refractivity contribution is 5.94. The van der Waals surface area contributed by atoms with Crippen LogP contribution < -0.4 is 16.2 Å². The molecule has 6 nitrogen and oxygen atoms in total. The van der Waals surface area contributed by atoms with E-state index in [4.69, 9.17) is 0 Å². The molecule has 1 aromatic rings. The van der Waals surface area contributed by atoms with Crippen LogP contribution >= 0.6 is 0 Å². The molecule has 2 N–H and O–H groups in total. The number of carbonyl (C=O) groups excluding carboxylic acids is 2. The lowest BCUT2D eigenvalue weighted by molar-refractivity contribution is -0.138. The Morgan fingerprint density at radius 1 is 1.22 bits per heavy atom. The van der Waals surface area contributed by atoms with Crippen molar-refractivity contribution in [2.45, 2.75) is 44.4 Å². The van der Waals surface area contributed by atoms with Crippen molar-refractivity contribution in [1.29, 1.82) is 0 Å². The highest BCUT2D eigenvalue weighted by Gasteiger charge is 2.31. The zero-order valence-corrected chi connectivity index (χ0v) is 12.2. The first-order valence-corrected chi connectivity index (χ1v) is 7.14. The molecule has 1 aromatic heterocycles. The zero-order chi connectivity index (χ0) is 17.0. The maximum Gasteiger partial charge on any atom is 0.417 e. The summed E-state index contributed by atoms with van der Waals surface area (Å²) in [6.07, 6.45) is -0.414. The number of pyridine rings is 1. The summed E-state index contributed by atoms with van der Waals surface area (Å²) in [5.74, 6) is -0.859. The number of nitrogens with zero attached hydrogens (tertiary/aromatic N) is 1. The van der Waals surface area contributed by atoms with Crippen LogP contribution in [0.3, 0.4) is 0 Å². The molecule has 9 heteroatoms. The molecule has 1 aliphatic rings. The number of carbonyl (C=O) groups is 2. The quantitative estimate of drug-likeness (QED) is 0.883. The topological polar surface area (TPSA) is 80.2 Å². The molecule has 1 saturated carbocycles. The van der Waals surface area contributed by atoms with E-state index in [0.717, 1.165) is 31.7 Å². The molecule has 0 atom stereocenters. The summed E-state index contributed by atoms with van der Waals surface area (Å²) in [7, 11) is 0. The molecule has 0 aliphatic heterocycles. The van der Waals surface area contributed by atoms with Gasteiger partial charge in [-0.25, -0.2) is 4.79 Å². The van der Waals surface area contributed by atoms with Gasteiger partial charge < -0.3 is 9.88 Å². The summed E-state index contributed by atoms with van der Waals surface area (Å²) in [5.41, 5.74) is -1.80. The van der Waals surface area contributed by atoms with E-state index in [2.05, 4.69) is 5.32 Å². The number of hydrogen-bond donors (Lipinski definition) is 2. The number of aromatic nitrogens is 1. The Morgan fingerprint density at radius 3 is 2.48 bits per heavy atom. The van der Waals surface area contributed by atoms with Crippen LogP contribution in [0.15, 0.2) is 23.1 Å². The van der Waals surface area contributed by atoms with Crippen molar-refractivity contribution in [2.24, 2.45) is 0 Å². The van der Waals surface area contributed by atoms with E-state index < -0.39 is 35.8 Å². The van der Waals surface area contributed by atoms with Crippen LogP contribution in [-0.4, -0.2) is 22.5 Å². The molecule has 0 aromatic carbocycles. The first kappa shape index (κ1) is 17.0. The van der Waals surface area contributed by atoms with Crippen molar-refractivity contribution < 1.29 is 22.8 Å². The molecular formula is C14H16F3N3O3. The lowest BCUT2D eigenvalue weighted by atomic mass is 10.2. The van der Waals surface area contributed by atoms with Crippen LogP contribution in [0.5, 0.6) is 0 Å².